The topological polar surface area (TPSA) is 41.3 Å². The van der Waals surface area contributed by atoms with Crippen molar-refractivity contribution in [1.29, 1.82) is 0 Å². The molecule has 28 heavy (non-hydrogen) atoms. The third-order valence-corrected chi connectivity index (χ3v) is 4.91. The Hall–Kier alpha value is -2.01. The summed E-state index contributed by atoms with van der Waals surface area (Å²) in [6, 6.07) is 12.0. The normalized spacial score (nSPS) is 12.5. The SMILES string of the molecule is C=CC=C.CC.CN/C=C(\N)c1ccccc1.CN1CCc2cc(Cl)sc2C1. The summed E-state index contributed by atoms with van der Waals surface area (Å²) in [5.41, 5.74) is 8.96. The molecule has 3 rings (SSSR count). The highest BCUT2D eigenvalue weighted by Crippen LogP contribution is 2.30. The zero-order chi connectivity index (χ0) is 21.4. The van der Waals surface area contributed by atoms with E-state index in [1.165, 1.54) is 17.0 Å². The highest BCUT2D eigenvalue weighted by molar-refractivity contribution is 7.16. The Morgan fingerprint density at radius 3 is 2.36 bits per heavy atom. The van der Waals surface area contributed by atoms with E-state index in [1.807, 2.05) is 51.2 Å². The second kappa shape index (κ2) is 16.0. The number of benzene rings is 1. The number of nitrogens with zero attached hydrogens (tertiary/aromatic N) is 1. The molecule has 0 saturated carbocycles. The first-order valence-electron chi connectivity index (χ1n) is 9.39. The van der Waals surface area contributed by atoms with E-state index in [9.17, 15) is 0 Å². The van der Waals surface area contributed by atoms with Gasteiger partial charge >= 0.3 is 0 Å². The van der Waals surface area contributed by atoms with Crippen LogP contribution < -0.4 is 11.1 Å². The zero-order valence-corrected chi connectivity index (χ0v) is 19.1. The number of rotatable bonds is 3. The van der Waals surface area contributed by atoms with Gasteiger partial charge in [0.15, 0.2) is 0 Å². The zero-order valence-electron chi connectivity index (χ0n) is 17.5. The van der Waals surface area contributed by atoms with Crippen molar-refractivity contribution in [3.8, 4) is 0 Å². The molecular formula is C23H34ClN3S. The molecule has 0 fully saturated rings. The van der Waals surface area contributed by atoms with Crippen molar-refractivity contribution in [2.45, 2.75) is 26.8 Å². The highest BCUT2D eigenvalue weighted by atomic mass is 35.5. The van der Waals surface area contributed by atoms with E-state index >= 15 is 0 Å². The Balaban J connectivity index is 0.000000409. The van der Waals surface area contributed by atoms with Crippen LogP contribution in [-0.4, -0.2) is 25.5 Å². The van der Waals surface area contributed by atoms with Gasteiger partial charge < -0.3 is 16.0 Å². The molecular weight excluding hydrogens is 386 g/mol. The maximum Gasteiger partial charge on any atom is 0.0934 e. The molecule has 0 amide bonds. The third-order valence-electron chi connectivity index (χ3n) is 3.62. The van der Waals surface area contributed by atoms with Gasteiger partial charge in [-0.3, -0.25) is 0 Å². The van der Waals surface area contributed by atoms with E-state index in [-0.39, 0.29) is 0 Å². The van der Waals surface area contributed by atoms with Gasteiger partial charge in [-0.1, -0.05) is 81.1 Å². The average molecular weight is 420 g/mol. The van der Waals surface area contributed by atoms with Gasteiger partial charge in [0.2, 0.25) is 0 Å². The van der Waals surface area contributed by atoms with E-state index in [0.717, 1.165) is 28.6 Å². The molecule has 1 aliphatic heterocycles. The minimum absolute atomic E-state index is 0.758. The molecule has 0 bridgehead atoms. The molecule has 3 nitrogen and oxygen atoms in total. The second-order valence-electron chi connectivity index (χ2n) is 5.71. The summed E-state index contributed by atoms with van der Waals surface area (Å²) in [4.78, 5) is 3.78. The van der Waals surface area contributed by atoms with Gasteiger partial charge in [-0.15, -0.1) is 11.3 Å². The molecule has 3 N–H and O–H groups in total. The minimum Gasteiger partial charge on any atom is -0.397 e. The molecule has 0 radical (unpaired) electrons. The molecule has 154 valence electrons. The monoisotopic (exact) mass is 419 g/mol. The van der Waals surface area contributed by atoms with Crippen molar-refractivity contribution in [3.05, 3.63) is 88.2 Å². The van der Waals surface area contributed by atoms with Crippen LogP contribution in [0.15, 0.2) is 67.9 Å². The second-order valence-corrected chi connectivity index (χ2v) is 7.48. The summed E-state index contributed by atoms with van der Waals surface area (Å²) in [5.74, 6) is 0. The van der Waals surface area contributed by atoms with Crippen molar-refractivity contribution in [2.24, 2.45) is 5.73 Å². The summed E-state index contributed by atoms with van der Waals surface area (Å²) < 4.78 is 0.935. The van der Waals surface area contributed by atoms with Crippen LogP contribution in [0.4, 0.5) is 0 Å². The Morgan fingerprint density at radius 1 is 1.21 bits per heavy atom. The van der Waals surface area contributed by atoms with Crippen molar-refractivity contribution < 1.29 is 0 Å². The van der Waals surface area contributed by atoms with E-state index in [0.29, 0.717) is 0 Å². The molecule has 1 aliphatic rings. The fourth-order valence-electron chi connectivity index (χ4n) is 2.28. The van der Waals surface area contributed by atoms with Crippen LogP contribution in [0.2, 0.25) is 4.34 Å². The minimum atomic E-state index is 0.758. The standard InChI is InChI=1S/C9H12N2.C8H10ClNS.C4H6.C2H6/c1-11-7-9(10)8-5-3-2-4-6-8;1-10-3-2-6-4-8(9)11-7(6)5-10;1-3-4-2;1-2/h2-7,11H,10H2,1H3;4H,2-3,5H2,1H3;3-4H,1-2H2;1-2H3/b9-7-;;;. The molecule has 0 spiro atoms. The summed E-state index contributed by atoms with van der Waals surface area (Å²) in [6.07, 6.45) is 6.21. The number of hydrogen-bond donors (Lipinski definition) is 2. The van der Waals surface area contributed by atoms with Crippen LogP contribution in [0.25, 0.3) is 5.70 Å². The summed E-state index contributed by atoms with van der Waals surface area (Å²) >= 11 is 7.62. The van der Waals surface area contributed by atoms with Crippen LogP contribution in [0.1, 0.15) is 29.9 Å². The van der Waals surface area contributed by atoms with Gasteiger partial charge in [-0.2, -0.15) is 0 Å². The summed E-state index contributed by atoms with van der Waals surface area (Å²) in [5, 5.41) is 2.88. The lowest BCUT2D eigenvalue weighted by molar-refractivity contribution is 0.317. The Bertz CT molecular complexity index is 702. The lowest BCUT2D eigenvalue weighted by Gasteiger charge is -2.21. The van der Waals surface area contributed by atoms with Gasteiger partial charge in [0.25, 0.3) is 0 Å². The van der Waals surface area contributed by atoms with Gasteiger partial charge in [-0.25, -0.2) is 0 Å². The number of hydrogen-bond acceptors (Lipinski definition) is 4. The molecule has 1 aromatic carbocycles. The Morgan fingerprint density at radius 2 is 1.82 bits per heavy atom. The van der Waals surface area contributed by atoms with Crippen LogP contribution in [0, 0.1) is 0 Å². The Kier molecular flexibility index (Phi) is 14.8. The summed E-state index contributed by atoms with van der Waals surface area (Å²) in [7, 11) is 3.98. The molecule has 0 saturated heterocycles. The lowest BCUT2D eigenvalue weighted by atomic mass is 10.1. The number of halogens is 1. The third kappa shape index (κ3) is 10.4. The predicted molar refractivity (Wildman–Crippen MR) is 129 cm³/mol. The molecule has 2 aromatic rings. The number of nitrogens with one attached hydrogen (secondary N) is 1. The van der Waals surface area contributed by atoms with Crippen LogP contribution in [-0.2, 0) is 13.0 Å². The highest BCUT2D eigenvalue weighted by Gasteiger charge is 2.15. The lowest BCUT2D eigenvalue weighted by Crippen LogP contribution is -2.24. The quantitative estimate of drug-likeness (QED) is 0.605. The largest absolute Gasteiger partial charge is 0.397 e. The molecule has 1 aromatic heterocycles. The van der Waals surface area contributed by atoms with Gasteiger partial charge in [0.05, 0.1) is 10.0 Å². The molecule has 5 heteroatoms. The average Bonchev–Trinajstić information content (AvgIpc) is 3.10. The first-order valence-corrected chi connectivity index (χ1v) is 10.6. The maximum atomic E-state index is 5.90. The first kappa shape index (κ1) is 26.0. The number of fused-ring (bicyclic) bond motifs is 1. The first-order chi connectivity index (χ1) is 13.5. The summed E-state index contributed by atoms with van der Waals surface area (Å²) in [6.45, 7) is 13.0. The van der Waals surface area contributed by atoms with Crippen molar-refractivity contribution in [3.63, 3.8) is 0 Å². The van der Waals surface area contributed by atoms with Gasteiger partial charge in [0, 0.05) is 31.2 Å². The Labute approximate surface area is 180 Å². The molecule has 0 aliphatic carbocycles. The van der Waals surface area contributed by atoms with E-state index in [2.05, 4.69) is 36.5 Å². The van der Waals surface area contributed by atoms with Crippen LogP contribution in [0.5, 0.6) is 0 Å². The van der Waals surface area contributed by atoms with Crippen molar-refractivity contribution in [1.82, 2.24) is 10.2 Å². The number of nitrogens with two attached hydrogens (primary N) is 1. The van der Waals surface area contributed by atoms with E-state index in [4.69, 9.17) is 17.3 Å². The maximum absolute atomic E-state index is 5.90. The van der Waals surface area contributed by atoms with Gasteiger partial charge in [0.1, 0.15) is 0 Å². The fourth-order valence-corrected chi connectivity index (χ4v) is 3.71. The molecule has 0 unspecified atom stereocenters. The van der Waals surface area contributed by atoms with Crippen molar-refractivity contribution in [2.75, 3.05) is 20.6 Å². The number of likely N-dealkylation sites (N-methyl/N-ethyl adjacent to an activating group) is 1. The smallest absolute Gasteiger partial charge is 0.0934 e. The van der Waals surface area contributed by atoms with E-state index in [1.54, 1.807) is 29.7 Å². The number of thiophene rings is 1. The predicted octanol–water partition coefficient (Wildman–Crippen LogP) is 5.94. The van der Waals surface area contributed by atoms with Crippen LogP contribution in [0.3, 0.4) is 0 Å². The molecule has 0 atom stereocenters. The molecule has 2 heterocycles. The van der Waals surface area contributed by atoms with Gasteiger partial charge in [-0.05, 0) is 30.7 Å². The number of allylic oxidation sites excluding steroid dienone is 2. The van der Waals surface area contributed by atoms with Crippen molar-refractivity contribution >= 4 is 28.6 Å². The van der Waals surface area contributed by atoms with E-state index < -0.39 is 0 Å². The van der Waals surface area contributed by atoms with Crippen LogP contribution >= 0.6 is 22.9 Å². The fraction of sp³-hybridized carbons (Fsp3) is 0.304.